The number of rotatable bonds is 6. The summed E-state index contributed by atoms with van der Waals surface area (Å²) in [5, 5.41) is 9.88. The van der Waals surface area contributed by atoms with Crippen LogP contribution in [0.2, 0.25) is 0 Å². The highest BCUT2D eigenvalue weighted by atomic mass is 16.5. The third kappa shape index (κ3) is 5.23. The molecule has 0 unspecified atom stereocenters. The second-order valence-corrected chi connectivity index (χ2v) is 9.44. The minimum atomic E-state index is -0.423. The van der Waals surface area contributed by atoms with E-state index in [0.29, 0.717) is 24.2 Å². The van der Waals surface area contributed by atoms with Crippen molar-refractivity contribution >= 4 is 11.8 Å². The highest BCUT2D eigenvalue weighted by molar-refractivity contribution is 5.98. The van der Waals surface area contributed by atoms with Gasteiger partial charge in [0, 0.05) is 43.7 Å². The number of fused-ring (bicyclic) bond motifs is 1. The van der Waals surface area contributed by atoms with Gasteiger partial charge in [-0.3, -0.25) is 14.6 Å². The molecule has 1 aliphatic rings. The Morgan fingerprint density at radius 2 is 2.00 bits per heavy atom. The number of aliphatic hydroxyl groups is 1. The van der Waals surface area contributed by atoms with E-state index >= 15 is 0 Å². The van der Waals surface area contributed by atoms with E-state index in [1.54, 1.807) is 41.4 Å². The number of aliphatic hydroxyl groups excluding tert-OH is 1. The number of hydrogen-bond donors (Lipinski definition) is 1. The van der Waals surface area contributed by atoms with Crippen molar-refractivity contribution in [1.29, 1.82) is 0 Å². The third-order valence-corrected chi connectivity index (χ3v) is 6.69. The number of pyridine rings is 2. The van der Waals surface area contributed by atoms with Crippen molar-refractivity contribution in [1.82, 2.24) is 19.8 Å². The monoisotopic (exact) mass is 488 g/mol. The van der Waals surface area contributed by atoms with Gasteiger partial charge in [-0.1, -0.05) is 31.2 Å². The molecule has 3 aromatic rings. The quantitative estimate of drug-likeness (QED) is 0.571. The molecular formula is C28H32N4O4. The Morgan fingerprint density at radius 1 is 1.22 bits per heavy atom. The first kappa shape index (κ1) is 25.3. The third-order valence-electron chi connectivity index (χ3n) is 6.69. The fourth-order valence-corrected chi connectivity index (χ4v) is 4.43. The molecule has 3 heterocycles. The number of amides is 2. The van der Waals surface area contributed by atoms with Crippen LogP contribution in [0.15, 0.2) is 61.1 Å². The van der Waals surface area contributed by atoms with E-state index in [2.05, 4.69) is 9.97 Å². The average Bonchev–Trinajstić information content (AvgIpc) is 2.90. The fraction of sp³-hybridized carbons (Fsp3) is 0.357. The van der Waals surface area contributed by atoms with Crippen LogP contribution in [0.4, 0.5) is 0 Å². The molecule has 188 valence electrons. The summed E-state index contributed by atoms with van der Waals surface area (Å²) in [7, 11) is 1.72. The molecule has 2 aromatic heterocycles. The molecule has 0 saturated carbocycles. The van der Waals surface area contributed by atoms with E-state index < -0.39 is 6.10 Å². The van der Waals surface area contributed by atoms with E-state index in [9.17, 15) is 14.7 Å². The van der Waals surface area contributed by atoms with Crippen molar-refractivity contribution in [3.05, 3.63) is 77.7 Å². The van der Waals surface area contributed by atoms with Gasteiger partial charge in [0.25, 0.3) is 11.8 Å². The van der Waals surface area contributed by atoms with Crippen molar-refractivity contribution in [3.63, 3.8) is 0 Å². The van der Waals surface area contributed by atoms with Gasteiger partial charge in [-0.15, -0.1) is 0 Å². The molecule has 0 fully saturated rings. The summed E-state index contributed by atoms with van der Waals surface area (Å²) in [5.41, 5.74) is 3.70. The first-order valence-electron chi connectivity index (χ1n) is 12.1. The normalized spacial score (nSPS) is 18.5. The Morgan fingerprint density at radius 3 is 2.69 bits per heavy atom. The number of carbonyl (C=O) groups excluding carboxylic acids is 2. The molecule has 1 aliphatic heterocycles. The minimum Gasteiger partial charge on any atom is -0.472 e. The zero-order valence-corrected chi connectivity index (χ0v) is 21.1. The van der Waals surface area contributed by atoms with Crippen molar-refractivity contribution in [2.45, 2.75) is 32.9 Å². The van der Waals surface area contributed by atoms with Gasteiger partial charge in [-0.05, 0) is 43.2 Å². The van der Waals surface area contributed by atoms with Crippen LogP contribution in [0, 0.1) is 12.8 Å². The van der Waals surface area contributed by atoms with Crippen LogP contribution in [0.3, 0.4) is 0 Å². The number of aromatic nitrogens is 2. The molecule has 8 heteroatoms. The number of ether oxygens (including phenoxy) is 1. The Bertz CT molecular complexity index is 1230. The number of nitrogens with zero attached hydrogens (tertiary/aromatic N) is 4. The first-order chi connectivity index (χ1) is 17.3. The maximum atomic E-state index is 13.6. The smallest absolute Gasteiger partial charge is 0.259 e. The van der Waals surface area contributed by atoms with Gasteiger partial charge in [0.05, 0.1) is 24.8 Å². The van der Waals surface area contributed by atoms with Crippen LogP contribution < -0.4 is 4.74 Å². The number of carbonyl (C=O) groups is 2. The molecule has 0 radical (unpaired) electrons. The summed E-state index contributed by atoms with van der Waals surface area (Å²) in [5.74, 6) is -0.301. The number of likely N-dealkylation sites (N-methyl/N-ethyl adjacent to an activating group) is 1. The van der Waals surface area contributed by atoms with Gasteiger partial charge >= 0.3 is 0 Å². The van der Waals surface area contributed by atoms with Crippen LogP contribution in [0.1, 0.15) is 40.1 Å². The predicted molar refractivity (Wildman–Crippen MR) is 137 cm³/mol. The molecular weight excluding hydrogens is 456 g/mol. The molecule has 1 N–H and O–H groups in total. The standard InChI is InChI=1S/C28H32N4O4/c1-18-8-5-6-10-23(18)22-12-24-26(30-14-22)36-25(19(2)15-32(28(24)35)20(3)17-33)16-31(4)27(34)21-9-7-11-29-13-21/h5-14,19-20,25,33H,15-17H2,1-4H3/t19-,20+,25+/m0/s1. The second-order valence-electron chi connectivity index (χ2n) is 9.44. The summed E-state index contributed by atoms with van der Waals surface area (Å²) in [6.07, 6.45) is 4.45. The molecule has 0 saturated heterocycles. The van der Waals surface area contributed by atoms with Crippen molar-refractivity contribution in [3.8, 4) is 17.0 Å². The van der Waals surface area contributed by atoms with E-state index in [4.69, 9.17) is 4.74 Å². The molecule has 3 atom stereocenters. The number of hydrogen-bond acceptors (Lipinski definition) is 6. The number of aryl methyl sites for hydroxylation is 1. The maximum absolute atomic E-state index is 13.6. The highest BCUT2D eigenvalue weighted by Crippen LogP contribution is 2.31. The zero-order chi connectivity index (χ0) is 25.8. The Labute approximate surface area is 211 Å². The van der Waals surface area contributed by atoms with E-state index in [1.165, 1.54) is 6.20 Å². The van der Waals surface area contributed by atoms with Crippen molar-refractivity contribution in [2.75, 3.05) is 26.7 Å². The summed E-state index contributed by atoms with van der Waals surface area (Å²) in [6, 6.07) is 12.8. The van der Waals surface area contributed by atoms with Crippen LogP contribution in [0.25, 0.3) is 11.1 Å². The van der Waals surface area contributed by atoms with Gasteiger partial charge < -0.3 is 19.6 Å². The SMILES string of the molecule is Cc1ccccc1-c1cnc2c(c1)C(=O)N([C@H](C)CO)C[C@H](C)[C@@H](CN(C)C(=O)c1cccnc1)O2. The van der Waals surface area contributed by atoms with Crippen molar-refractivity contribution < 1.29 is 19.4 Å². The van der Waals surface area contributed by atoms with E-state index in [1.807, 2.05) is 51.1 Å². The fourth-order valence-electron chi connectivity index (χ4n) is 4.43. The molecule has 0 aliphatic carbocycles. The minimum absolute atomic E-state index is 0.127. The molecule has 0 bridgehead atoms. The highest BCUT2D eigenvalue weighted by Gasteiger charge is 2.35. The lowest BCUT2D eigenvalue weighted by Crippen LogP contribution is -2.50. The lowest BCUT2D eigenvalue weighted by Gasteiger charge is -2.37. The summed E-state index contributed by atoms with van der Waals surface area (Å²) in [4.78, 5) is 38.5. The van der Waals surface area contributed by atoms with Crippen LogP contribution in [-0.2, 0) is 0 Å². The van der Waals surface area contributed by atoms with Gasteiger partial charge in [0.2, 0.25) is 5.88 Å². The molecule has 4 rings (SSSR count). The Kier molecular flexibility index (Phi) is 7.64. The van der Waals surface area contributed by atoms with Gasteiger partial charge in [-0.25, -0.2) is 4.98 Å². The molecule has 1 aromatic carbocycles. The molecule has 2 amide bonds. The van der Waals surface area contributed by atoms with Crippen molar-refractivity contribution in [2.24, 2.45) is 5.92 Å². The topological polar surface area (TPSA) is 95.9 Å². The first-order valence-corrected chi connectivity index (χ1v) is 12.1. The Hall–Kier alpha value is -3.78. The summed E-state index contributed by atoms with van der Waals surface area (Å²) < 4.78 is 6.33. The average molecular weight is 489 g/mol. The van der Waals surface area contributed by atoms with E-state index in [-0.39, 0.29) is 36.3 Å². The second kappa shape index (κ2) is 10.9. The predicted octanol–water partition coefficient (Wildman–Crippen LogP) is 3.44. The summed E-state index contributed by atoms with van der Waals surface area (Å²) in [6.45, 7) is 6.31. The molecule has 36 heavy (non-hydrogen) atoms. The van der Waals surface area contributed by atoms with Gasteiger partial charge in [0.15, 0.2) is 0 Å². The lowest BCUT2D eigenvalue weighted by molar-refractivity contribution is 0.0313. The Balaban J connectivity index is 1.70. The van der Waals surface area contributed by atoms with Crippen LogP contribution in [0.5, 0.6) is 5.88 Å². The largest absolute Gasteiger partial charge is 0.472 e. The zero-order valence-electron chi connectivity index (χ0n) is 21.1. The lowest BCUT2D eigenvalue weighted by atomic mass is 9.98. The van der Waals surface area contributed by atoms with Gasteiger partial charge in [0.1, 0.15) is 11.7 Å². The molecule has 0 spiro atoms. The van der Waals surface area contributed by atoms with Crippen LogP contribution in [-0.4, -0.2) is 75.6 Å². The molecule has 8 nitrogen and oxygen atoms in total. The maximum Gasteiger partial charge on any atom is 0.259 e. The van der Waals surface area contributed by atoms with Crippen LogP contribution >= 0.6 is 0 Å². The van der Waals surface area contributed by atoms with E-state index in [0.717, 1.165) is 16.7 Å². The number of benzene rings is 1. The van der Waals surface area contributed by atoms with Gasteiger partial charge in [-0.2, -0.15) is 0 Å². The summed E-state index contributed by atoms with van der Waals surface area (Å²) >= 11 is 0.